The highest BCUT2D eigenvalue weighted by Gasteiger charge is 2.25. The lowest BCUT2D eigenvalue weighted by molar-refractivity contribution is -0.146. The van der Waals surface area contributed by atoms with Gasteiger partial charge in [-0.15, -0.1) is 0 Å². The maximum Gasteiger partial charge on any atom is 0.310 e. The third kappa shape index (κ3) is 6.03. The highest BCUT2D eigenvalue weighted by molar-refractivity contribution is 6.31. The van der Waals surface area contributed by atoms with Crippen LogP contribution in [0.15, 0.2) is 24.3 Å². The number of carbonyl (C=O) groups excluding carboxylic acids is 2. The summed E-state index contributed by atoms with van der Waals surface area (Å²) in [6.45, 7) is 2.56. The Kier molecular flexibility index (Phi) is 7.76. The topological polar surface area (TPSA) is 46.6 Å². The van der Waals surface area contributed by atoms with E-state index in [1.807, 2.05) is 24.3 Å². The smallest absolute Gasteiger partial charge is 0.310 e. The minimum atomic E-state index is -0.359. The molecule has 1 aliphatic rings. The molecule has 1 atom stereocenters. The molecule has 138 valence electrons. The minimum absolute atomic E-state index is 0.0996. The van der Waals surface area contributed by atoms with E-state index in [-0.39, 0.29) is 17.8 Å². The van der Waals surface area contributed by atoms with E-state index < -0.39 is 0 Å². The van der Waals surface area contributed by atoms with E-state index >= 15 is 0 Å². The van der Waals surface area contributed by atoms with E-state index in [1.165, 1.54) is 26.4 Å². The van der Waals surface area contributed by atoms with Crippen LogP contribution >= 0.6 is 11.6 Å². The van der Waals surface area contributed by atoms with E-state index in [0.717, 1.165) is 18.4 Å². The Morgan fingerprint density at radius 2 is 1.92 bits per heavy atom. The highest BCUT2D eigenvalue weighted by atomic mass is 35.5. The van der Waals surface area contributed by atoms with E-state index in [9.17, 15) is 9.59 Å². The predicted octanol–water partition coefficient (Wildman–Crippen LogP) is 4.45. The average molecular weight is 366 g/mol. The van der Waals surface area contributed by atoms with Crippen LogP contribution in [0.4, 0.5) is 0 Å². The highest BCUT2D eigenvalue weighted by Crippen LogP contribution is 2.27. The maximum atomic E-state index is 12.9. The minimum Gasteiger partial charge on any atom is -0.469 e. The van der Waals surface area contributed by atoms with Crippen LogP contribution in [0.3, 0.4) is 0 Å². The zero-order valence-electron chi connectivity index (χ0n) is 15.2. The zero-order valence-corrected chi connectivity index (χ0v) is 15.9. The number of rotatable bonds is 7. The van der Waals surface area contributed by atoms with Crippen LogP contribution in [0.2, 0.25) is 5.02 Å². The number of hydrogen-bond donors (Lipinski definition) is 0. The second kappa shape index (κ2) is 9.81. The van der Waals surface area contributed by atoms with Crippen molar-refractivity contribution in [3.63, 3.8) is 0 Å². The van der Waals surface area contributed by atoms with Gasteiger partial charge in [-0.1, -0.05) is 56.0 Å². The monoisotopic (exact) mass is 365 g/mol. The normalized spacial score (nSPS) is 16.3. The van der Waals surface area contributed by atoms with E-state index in [0.29, 0.717) is 30.5 Å². The number of halogens is 1. The Labute approximate surface area is 155 Å². The molecule has 0 bridgehead atoms. The van der Waals surface area contributed by atoms with Crippen LogP contribution in [0.5, 0.6) is 0 Å². The summed E-state index contributed by atoms with van der Waals surface area (Å²) in [6, 6.07) is 7.53. The number of carbonyl (C=O) groups is 2. The standard InChI is InChI=1S/C20H28ClNO3/c1-15(20(24)25-2)13-22(14-17-10-6-7-11-18(17)21)19(23)12-16-8-4-3-5-9-16/h6-7,10-11,15-16H,3-5,8-9,12-14H2,1-2H3. The summed E-state index contributed by atoms with van der Waals surface area (Å²) in [7, 11) is 1.38. The largest absolute Gasteiger partial charge is 0.469 e. The molecule has 0 N–H and O–H groups in total. The van der Waals surface area contributed by atoms with Crippen molar-refractivity contribution in [3.8, 4) is 0 Å². The van der Waals surface area contributed by atoms with Gasteiger partial charge in [-0.05, 0) is 30.4 Å². The summed E-state index contributed by atoms with van der Waals surface area (Å²) in [5, 5.41) is 0.642. The lowest BCUT2D eigenvalue weighted by Crippen LogP contribution is -2.38. The van der Waals surface area contributed by atoms with Gasteiger partial charge in [0.05, 0.1) is 13.0 Å². The van der Waals surface area contributed by atoms with Crippen LogP contribution < -0.4 is 0 Å². The van der Waals surface area contributed by atoms with Gasteiger partial charge in [-0.3, -0.25) is 9.59 Å². The molecule has 1 aliphatic carbocycles. The quantitative estimate of drug-likeness (QED) is 0.671. The van der Waals surface area contributed by atoms with Gasteiger partial charge in [-0.25, -0.2) is 0 Å². The van der Waals surface area contributed by atoms with Gasteiger partial charge in [0.1, 0.15) is 0 Å². The van der Waals surface area contributed by atoms with Gasteiger partial charge >= 0.3 is 5.97 Å². The molecule has 1 saturated carbocycles. The Balaban J connectivity index is 2.08. The molecule has 1 aromatic carbocycles. The number of amides is 1. The molecule has 1 amide bonds. The number of ether oxygens (including phenoxy) is 1. The number of esters is 1. The second-order valence-electron chi connectivity index (χ2n) is 7.00. The van der Waals surface area contributed by atoms with Gasteiger partial charge in [0.2, 0.25) is 5.91 Å². The van der Waals surface area contributed by atoms with Gasteiger partial charge in [0.25, 0.3) is 0 Å². The molecule has 1 aromatic rings. The molecule has 0 aromatic heterocycles. The molecule has 0 heterocycles. The first-order chi connectivity index (χ1) is 12.0. The van der Waals surface area contributed by atoms with E-state index in [2.05, 4.69) is 0 Å². The Morgan fingerprint density at radius 3 is 2.56 bits per heavy atom. The van der Waals surface area contributed by atoms with Crippen LogP contribution in [-0.2, 0) is 20.9 Å². The van der Waals surface area contributed by atoms with Crippen LogP contribution in [0.25, 0.3) is 0 Å². The first-order valence-electron chi connectivity index (χ1n) is 9.10. The molecule has 1 unspecified atom stereocenters. The zero-order chi connectivity index (χ0) is 18.2. The SMILES string of the molecule is COC(=O)C(C)CN(Cc1ccccc1Cl)C(=O)CC1CCCCC1. The fourth-order valence-electron chi connectivity index (χ4n) is 3.46. The summed E-state index contributed by atoms with van der Waals surface area (Å²) in [6.07, 6.45) is 6.49. The van der Waals surface area contributed by atoms with Crippen molar-refractivity contribution in [1.29, 1.82) is 0 Å². The van der Waals surface area contributed by atoms with Crippen LogP contribution in [0, 0.1) is 11.8 Å². The van der Waals surface area contributed by atoms with Crippen molar-refractivity contribution in [2.24, 2.45) is 11.8 Å². The molecule has 4 nitrogen and oxygen atoms in total. The number of nitrogens with zero attached hydrogens (tertiary/aromatic N) is 1. The first-order valence-corrected chi connectivity index (χ1v) is 9.48. The number of methoxy groups -OCH3 is 1. The molecule has 25 heavy (non-hydrogen) atoms. The number of benzene rings is 1. The molecule has 0 aliphatic heterocycles. The maximum absolute atomic E-state index is 12.9. The second-order valence-corrected chi connectivity index (χ2v) is 7.41. The van der Waals surface area contributed by atoms with Crippen molar-refractivity contribution >= 4 is 23.5 Å². The summed E-state index contributed by atoms with van der Waals surface area (Å²) in [5.74, 6) is -0.0941. The summed E-state index contributed by atoms with van der Waals surface area (Å²) in [4.78, 5) is 26.5. The molecule has 0 spiro atoms. The lowest BCUT2D eigenvalue weighted by atomic mass is 9.86. The molecule has 2 rings (SSSR count). The molecular weight excluding hydrogens is 338 g/mol. The number of hydrogen-bond acceptors (Lipinski definition) is 3. The predicted molar refractivity (Wildman–Crippen MR) is 99.2 cm³/mol. The third-order valence-corrected chi connectivity index (χ3v) is 5.33. The molecule has 0 radical (unpaired) electrons. The van der Waals surface area contributed by atoms with E-state index in [4.69, 9.17) is 16.3 Å². The lowest BCUT2D eigenvalue weighted by Gasteiger charge is -2.28. The fraction of sp³-hybridized carbons (Fsp3) is 0.600. The van der Waals surface area contributed by atoms with Crippen molar-refractivity contribution < 1.29 is 14.3 Å². The molecular formula is C20H28ClNO3. The Morgan fingerprint density at radius 1 is 1.24 bits per heavy atom. The van der Waals surface area contributed by atoms with Crippen molar-refractivity contribution in [2.45, 2.75) is 52.0 Å². The molecule has 1 fully saturated rings. The van der Waals surface area contributed by atoms with Gasteiger partial charge < -0.3 is 9.64 Å². The van der Waals surface area contributed by atoms with Crippen molar-refractivity contribution in [3.05, 3.63) is 34.9 Å². The van der Waals surface area contributed by atoms with E-state index in [1.54, 1.807) is 11.8 Å². The molecule has 5 heteroatoms. The summed E-state index contributed by atoms with van der Waals surface area (Å²) in [5.41, 5.74) is 0.901. The van der Waals surface area contributed by atoms with Crippen molar-refractivity contribution in [2.75, 3.05) is 13.7 Å². The first kappa shape index (κ1) is 19.8. The Bertz CT molecular complexity index is 584. The van der Waals surface area contributed by atoms with Gasteiger partial charge in [0, 0.05) is 24.5 Å². The average Bonchev–Trinajstić information content (AvgIpc) is 2.62. The third-order valence-electron chi connectivity index (χ3n) is 4.96. The van der Waals surface area contributed by atoms with Gasteiger partial charge in [-0.2, -0.15) is 0 Å². The van der Waals surface area contributed by atoms with Crippen LogP contribution in [-0.4, -0.2) is 30.4 Å². The summed E-state index contributed by atoms with van der Waals surface area (Å²) >= 11 is 6.26. The molecule has 0 saturated heterocycles. The van der Waals surface area contributed by atoms with Gasteiger partial charge in [0.15, 0.2) is 0 Å². The fourth-order valence-corrected chi connectivity index (χ4v) is 3.66. The van der Waals surface area contributed by atoms with Crippen LogP contribution in [0.1, 0.15) is 51.0 Å². The summed E-state index contributed by atoms with van der Waals surface area (Å²) < 4.78 is 4.81. The Hall–Kier alpha value is -1.55. The van der Waals surface area contributed by atoms with Crippen molar-refractivity contribution in [1.82, 2.24) is 4.90 Å².